The predicted molar refractivity (Wildman–Crippen MR) is 120 cm³/mol. The second kappa shape index (κ2) is 8.02. The highest BCUT2D eigenvalue weighted by molar-refractivity contribution is 6.51. The Balaban J connectivity index is 1.69. The molecule has 0 spiro atoms. The van der Waals surface area contributed by atoms with Gasteiger partial charge in [0, 0.05) is 24.4 Å². The molecule has 3 heterocycles. The Hall–Kier alpha value is -4.14. The van der Waals surface area contributed by atoms with E-state index in [4.69, 9.17) is 9.15 Å². The summed E-state index contributed by atoms with van der Waals surface area (Å²) in [6.07, 6.45) is 0. The Labute approximate surface area is 193 Å². The Morgan fingerprint density at radius 3 is 2.56 bits per heavy atom. The molecule has 1 amide bonds. The molecule has 174 valence electrons. The summed E-state index contributed by atoms with van der Waals surface area (Å²) in [6, 6.07) is 9.86. The van der Waals surface area contributed by atoms with Crippen molar-refractivity contribution in [2.24, 2.45) is 0 Å². The number of fused-ring (bicyclic) bond motifs is 1. The van der Waals surface area contributed by atoms with Crippen molar-refractivity contribution in [2.45, 2.75) is 13.0 Å². The maximum Gasteiger partial charge on any atom is 0.300 e. The molecule has 9 heteroatoms. The topological polar surface area (TPSA) is 83.2 Å². The summed E-state index contributed by atoms with van der Waals surface area (Å²) in [5.41, 5.74) is 0.754. The van der Waals surface area contributed by atoms with E-state index in [0.29, 0.717) is 30.2 Å². The highest BCUT2D eigenvalue weighted by Crippen LogP contribution is 2.43. The Morgan fingerprint density at radius 2 is 1.85 bits per heavy atom. The van der Waals surface area contributed by atoms with Crippen molar-refractivity contribution in [3.8, 4) is 5.75 Å². The lowest BCUT2D eigenvalue weighted by atomic mass is 9.98. The van der Waals surface area contributed by atoms with Gasteiger partial charge in [-0.25, -0.2) is 8.78 Å². The number of aryl methyl sites for hydroxylation is 1. The van der Waals surface area contributed by atoms with Gasteiger partial charge in [0.05, 0.1) is 17.8 Å². The molecule has 1 fully saturated rings. The van der Waals surface area contributed by atoms with Crippen LogP contribution < -0.4 is 14.5 Å². The van der Waals surface area contributed by atoms with E-state index in [2.05, 4.69) is 0 Å². The van der Waals surface area contributed by atoms with Gasteiger partial charge in [-0.2, -0.15) is 0 Å². The largest absolute Gasteiger partial charge is 0.507 e. The number of carbonyl (C=O) groups excluding carboxylic acids is 2. The quantitative estimate of drug-likeness (QED) is 0.352. The Morgan fingerprint density at radius 1 is 1.06 bits per heavy atom. The van der Waals surface area contributed by atoms with Crippen LogP contribution in [0.5, 0.6) is 5.75 Å². The number of benzene rings is 2. The minimum Gasteiger partial charge on any atom is -0.507 e. The van der Waals surface area contributed by atoms with Crippen LogP contribution >= 0.6 is 0 Å². The average Bonchev–Trinajstić information content (AvgIpc) is 3.36. The number of aliphatic hydroxyl groups is 1. The number of hydrogen-bond donors (Lipinski definition) is 1. The highest BCUT2D eigenvalue weighted by atomic mass is 19.2. The van der Waals surface area contributed by atoms with Gasteiger partial charge in [-0.3, -0.25) is 14.5 Å². The molecule has 2 aromatic carbocycles. The lowest BCUT2D eigenvalue weighted by Crippen LogP contribution is -2.29. The van der Waals surface area contributed by atoms with Gasteiger partial charge in [0.2, 0.25) is 0 Å². The van der Waals surface area contributed by atoms with Crippen molar-refractivity contribution >= 4 is 28.8 Å². The summed E-state index contributed by atoms with van der Waals surface area (Å²) in [6.45, 7) is 2.85. The monoisotopic (exact) mass is 466 g/mol. The van der Waals surface area contributed by atoms with E-state index in [0.717, 1.165) is 22.7 Å². The van der Waals surface area contributed by atoms with Gasteiger partial charge in [0.1, 0.15) is 35.7 Å². The van der Waals surface area contributed by atoms with Crippen LogP contribution in [0.2, 0.25) is 0 Å². The number of carbonyl (C=O) groups is 2. The minimum atomic E-state index is -1.18. The lowest BCUT2D eigenvalue weighted by molar-refractivity contribution is -0.132. The van der Waals surface area contributed by atoms with E-state index in [1.807, 2.05) is 11.9 Å². The van der Waals surface area contributed by atoms with E-state index in [-0.39, 0.29) is 17.0 Å². The first-order valence-electron chi connectivity index (χ1n) is 10.6. The standard InChI is InChI=1S/C25H20F2N2O5/c1-13-3-7-20(34-13)22-21(23(30)14-4-8-19-18(11-14)28(2)9-10-33-19)24(31)25(32)29(22)15-5-6-16(26)17(27)12-15/h3-8,11-12,22,30H,9-10H2,1-2H3/b23-21-. The number of rotatable bonds is 3. The molecule has 2 aliphatic rings. The minimum absolute atomic E-state index is 0.0438. The molecule has 7 nitrogen and oxygen atoms in total. The molecule has 1 N–H and O–H groups in total. The number of furan rings is 1. The zero-order valence-electron chi connectivity index (χ0n) is 18.3. The Kier molecular flexibility index (Phi) is 5.11. The number of hydrogen-bond acceptors (Lipinski definition) is 6. The number of nitrogens with zero attached hydrogens (tertiary/aromatic N) is 2. The van der Waals surface area contributed by atoms with Gasteiger partial charge in [0.25, 0.3) is 11.7 Å². The van der Waals surface area contributed by atoms with Crippen LogP contribution in [0.25, 0.3) is 5.76 Å². The molecule has 1 aromatic heterocycles. The van der Waals surface area contributed by atoms with Crippen molar-refractivity contribution in [3.63, 3.8) is 0 Å². The molecule has 0 bridgehead atoms. The first-order chi connectivity index (χ1) is 16.3. The van der Waals surface area contributed by atoms with E-state index >= 15 is 0 Å². The average molecular weight is 466 g/mol. The number of ketones is 1. The normalized spacial score (nSPS) is 19.4. The summed E-state index contributed by atoms with van der Waals surface area (Å²) in [5, 5.41) is 11.2. The first-order valence-corrected chi connectivity index (χ1v) is 10.6. The van der Waals surface area contributed by atoms with Crippen molar-refractivity contribution < 1.29 is 32.6 Å². The molecule has 2 aliphatic heterocycles. The molecule has 1 unspecified atom stereocenters. The third kappa shape index (κ3) is 3.40. The lowest BCUT2D eigenvalue weighted by Gasteiger charge is -2.28. The van der Waals surface area contributed by atoms with Gasteiger partial charge in [-0.05, 0) is 49.4 Å². The van der Waals surface area contributed by atoms with Gasteiger partial charge in [-0.15, -0.1) is 0 Å². The van der Waals surface area contributed by atoms with E-state index in [1.54, 1.807) is 37.3 Å². The molecule has 0 radical (unpaired) electrons. The fraction of sp³-hybridized carbons (Fsp3) is 0.200. The number of amides is 1. The van der Waals surface area contributed by atoms with Gasteiger partial charge < -0.3 is 19.2 Å². The Bertz CT molecular complexity index is 1360. The van der Waals surface area contributed by atoms with Crippen LogP contribution in [-0.4, -0.2) is 37.0 Å². The molecular formula is C25H20F2N2O5. The summed E-state index contributed by atoms with van der Waals surface area (Å²) < 4.78 is 38.9. The van der Waals surface area contributed by atoms with Crippen LogP contribution in [0.15, 0.2) is 58.5 Å². The third-order valence-corrected chi connectivity index (χ3v) is 5.98. The van der Waals surface area contributed by atoms with Crippen molar-refractivity contribution in [2.75, 3.05) is 30.0 Å². The zero-order valence-corrected chi connectivity index (χ0v) is 18.3. The summed E-state index contributed by atoms with van der Waals surface area (Å²) >= 11 is 0. The van der Waals surface area contributed by atoms with E-state index < -0.39 is 35.1 Å². The fourth-order valence-electron chi connectivity index (χ4n) is 4.26. The maximum atomic E-state index is 14.0. The molecule has 3 aromatic rings. The van der Waals surface area contributed by atoms with E-state index in [9.17, 15) is 23.5 Å². The number of aliphatic hydroxyl groups excluding tert-OH is 1. The van der Waals surface area contributed by atoms with Crippen LogP contribution in [0, 0.1) is 18.6 Å². The maximum absolute atomic E-state index is 14.0. The predicted octanol–water partition coefficient (Wildman–Crippen LogP) is 4.32. The van der Waals surface area contributed by atoms with Crippen molar-refractivity contribution in [3.05, 3.63) is 82.8 Å². The van der Waals surface area contributed by atoms with Crippen LogP contribution in [0.4, 0.5) is 20.2 Å². The van der Waals surface area contributed by atoms with Gasteiger partial charge in [0.15, 0.2) is 11.6 Å². The summed E-state index contributed by atoms with van der Waals surface area (Å²) in [7, 11) is 1.87. The number of ether oxygens (including phenoxy) is 1. The third-order valence-electron chi connectivity index (χ3n) is 5.98. The van der Waals surface area contributed by atoms with Gasteiger partial charge >= 0.3 is 0 Å². The molecular weight excluding hydrogens is 446 g/mol. The van der Waals surface area contributed by atoms with Crippen molar-refractivity contribution in [1.82, 2.24) is 0 Å². The zero-order chi connectivity index (χ0) is 24.1. The smallest absolute Gasteiger partial charge is 0.300 e. The number of halogens is 2. The highest BCUT2D eigenvalue weighted by Gasteiger charge is 2.48. The van der Waals surface area contributed by atoms with Crippen LogP contribution in [0.3, 0.4) is 0 Å². The summed E-state index contributed by atoms with van der Waals surface area (Å²) in [4.78, 5) is 29.2. The van der Waals surface area contributed by atoms with Crippen molar-refractivity contribution in [1.29, 1.82) is 0 Å². The van der Waals surface area contributed by atoms with E-state index in [1.165, 1.54) is 6.07 Å². The SMILES string of the molecule is Cc1ccc(C2/C(=C(/O)c3ccc4c(c3)N(C)CCO4)C(=O)C(=O)N2c2ccc(F)c(F)c2)o1. The molecule has 0 aliphatic carbocycles. The number of anilines is 2. The molecule has 1 atom stereocenters. The van der Waals surface area contributed by atoms with Crippen LogP contribution in [0.1, 0.15) is 23.1 Å². The first kappa shape index (κ1) is 21.7. The molecule has 34 heavy (non-hydrogen) atoms. The second-order valence-electron chi connectivity index (χ2n) is 8.17. The molecule has 0 saturated carbocycles. The second-order valence-corrected chi connectivity index (χ2v) is 8.17. The molecule has 1 saturated heterocycles. The fourth-order valence-corrected chi connectivity index (χ4v) is 4.26. The molecule has 5 rings (SSSR count). The number of likely N-dealkylation sites (N-methyl/N-ethyl adjacent to an activating group) is 1. The number of Topliss-reactive ketones (excluding diaryl/α,β-unsaturated/α-hetero) is 1. The summed E-state index contributed by atoms with van der Waals surface area (Å²) in [5.74, 6) is -3.30. The van der Waals surface area contributed by atoms with Gasteiger partial charge in [-0.1, -0.05) is 0 Å². The van der Waals surface area contributed by atoms with Crippen LogP contribution in [-0.2, 0) is 9.59 Å².